The van der Waals surface area contributed by atoms with Crippen LogP contribution in [0.3, 0.4) is 0 Å². The summed E-state index contributed by atoms with van der Waals surface area (Å²) in [5, 5.41) is 2.26. The lowest BCUT2D eigenvalue weighted by atomic mass is 9.93. The number of ether oxygens (including phenoxy) is 4. The van der Waals surface area contributed by atoms with E-state index < -0.39 is 105 Å². The van der Waals surface area contributed by atoms with E-state index in [2.05, 4.69) is 0 Å². The third kappa shape index (κ3) is 7.45. The molecule has 4 atom stereocenters. The van der Waals surface area contributed by atoms with E-state index in [1.54, 1.807) is 36.4 Å². The Bertz CT molecular complexity index is 2380. The Balaban J connectivity index is 1.51. The maximum atomic E-state index is 15.7. The molecule has 0 N–H and O–H groups in total. The van der Waals surface area contributed by atoms with Gasteiger partial charge in [0.2, 0.25) is 11.6 Å². The van der Waals surface area contributed by atoms with Crippen LogP contribution in [-0.4, -0.2) is 26.2 Å². The third-order valence-electron chi connectivity index (χ3n) is 9.67. The first kappa shape index (κ1) is 41.3. The van der Waals surface area contributed by atoms with Gasteiger partial charge >= 0.3 is 11.9 Å². The predicted molar refractivity (Wildman–Crippen MR) is 188 cm³/mol. The normalized spacial score (nSPS) is 13.6. The van der Waals surface area contributed by atoms with Gasteiger partial charge in [-0.2, -0.15) is 0 Å². The molecule has 0 heterocycles. The van der Waals surface area contributed by atoms with Gasteiger partial charge in [0.25, 0.3) is 0 Å². The maximum absolute atomic E-state index is 15.7. The smallest absolute Gasteiger partial charge is 0.313 e. The second kappa shape index (κ2) is 16.3. The van der Waals surface area contributed by atoms with Crippen molar-refractivity contribution in [3.63, 3.8) is 0 Å². The molecule has 0 bridgehead atoms. The van der Waals surface area contributed by atoms with E-state index in [0.717, 1.165) is 0 Å². The molecule has 0 radical (unpaired) electrons. The molecule has 0 fully saturated rings. The van der Waals surface area contributed by atoms with Gasteiger partial charge < -0.3 is 18.9 Å². The molecule has 0 saturated carbocycles. The van der Waals surface area contributed by atoms with Gasteiger partial charge in [-0.1, -0.05) is 48.5 Å². The standard InChI is InChI=1S/C42H28F10O6/c1-17(19-5-7-23-15-25(55-3)11-9-21(23)13-19)41(53)57-39(27-29(43)33(47)37(51)34(48)30(27)44)40(28-31(45)35(49)38(52)36(50)32(28)46)58-42(54)18(2)20-6-8-24-16-26(56-4)12-10-22(24)14-20/h5-18,39-40H,1-4H3/t17-,18-,39+,40+/m0/s1. The minimum absolute atomic E-state index is 0.117. The van der Waals surface area contributed by atoms with Crippen molar-refractivity contribution >= 4 is 33.5 Å². The minimum Gasteiger partial charge on any atom is -0.497 e. The SMILES string of the molecule is COc1ccc2cc([C@H](C)C(=O)O[C@H](c3c(F)c(F)c(F)c(F)c3F)[C@H](OC(=O)[C@@H](C)c3ccc4cc(OC)ccc4c3)c3c(F)c(F)c(F)c(F)c3F)ccc2c1. The summed E-state index contributed by atoms with van der Waals surface area (Å²) in [5.74, 6) is -32.2. The van der Waals surface area contributed by atoms with Gasteiger partial charge in [-0.05, 0) is 70.8 Å². The van der Waals surface area contributed by atoms with Crippen LogP contribution in [0.2, 0.25) is 0 Å². The first-order chi connectivity index (χ1) is 27.5. The van der Waals surface area contributed by atoms with Crippen LogP contribution in [0.1, 0.15) is 60.1 Å². The number of methoxy groups -OCH3 is 2. The lowest BCUT2D eigenvalue weighted by Crippen LogP contribution is -2.30. The van der Waals surface area contributed by atoms with Gasteiger partial charge in [0.15, 0.2) is 58.7 Å². The maximum Gasteiger partial charge on any atom is 0.313 e. The van der Waals surface area contributed by atoms with Gasteiger partial charge in [0.1, 0.15) is 11.5 Å². The van der Waals surface area contributed by atoms with E-state index >= 15 is 17.6 Å². The number of esters is 2. The summed E-state index contributed by atoms with van der Waals surface area (Å²) >= 11 is 0. The Kier molecular flexibility index (Phi) is 11.6. The highest BCUT2D eigenvalue weighted by Gasteiger charge is 2.45. The molecule has 6 aromatic rings. The lowest BCUT2D eigenvalue weighted by molar-refractivity contribution is -0.172. The highest BCUT2D eigenvalue weighted by molar-refractivity contribution is 5.88. The van der Waals surface area contributed by atoms with Crippen LogP contribution in [0, 0.1) is 58.2 Å². The Labute approximate surface area is 322 Å². The van der Waals surface area contributed by atoms with Gasteiger partial charge in [0.05, 0.1) is 37.2 Å². The summed E-state index contributed by atoms with van der Waals surface area (Å²) in [4.78, 5) is 27.7. The molecule has 302 valence electrons. The number of carbonyl (C=O) groups excluding carboxylic acids is 2. The number of fused-ring (bicyclic) bond motifs is 2. The fourth-order valence-electron chi connectivity index (χ4n) is 6.29. The molecule has 0 amide bonds. The Morgan fingerprint density at radius 1 is 0.414 bits per heavy atom. The van der Waals surface area contributed by atoms with Crippen molar-refractivity contribution in [3.05, 3.63) is 153 Å². The van der Waals surface area contributed by atoms with E-state index in [1.165, 1.54) is 64.5 Å². The van der Waals surface area contributed by atoms with E-state index in [-0.39, 0.29) is 11.1 Å². The van der Waals surface area contributed by atoms with Crippen molar-refractivity contribution in [2.45, 2.75) is 37.9 Å². The average Bonchev–Trinajstić information content (AvgIpc) is 3.24. The zero-order chi connectivity index (χ0) is 42.3. The predicted octanol–water partition coefficient (Wildman–Crippen LogP) is 10.9. The molecular weight excluding hydrogens is 790 g/mol. The van der Waals surface area contributed by atoms with E-state index in [4.69, 9.17) is 18.9 Å². The molecule has 6 rings (SSSR count). The van der Waals surface area contributed by atoms with Crippen molar-refractivity contribution in [2.75, 3.05) is 14.2 Å². The molecule has 6 aromatic carbocycles. The Hall–Kier alpha value is -6.32. The van der Waals surface area contributed by atoms with Crippen LogP contribution >= 0.6 is 0 Å². The quantitative estimate of drug-likeness (QED) is 0.0561. The summed E-state index contributed by atoms with van der Waals surface area (Å²) < 4.78 is 171. The summed E-state index contributed by atoms with van der Waals surface area (Å²) in [6.07, 6.45) is -6.56. The van der Waals surface area contributed by atoms with Crippen molar-refractivity contribution in [1.29, 1.82) is 0 Å². The average molecular weight is 819 g/mol. The molecule has 0 aliphatic rings. The monoisotopic (exact) mass is 818 g/mol. The molecule has 0 aliphatic heterocycles. The molecule has 6 nitrogen and oxygen atoms in total. The van der Waals surface area contributed by atoms with Gasteiger partial charge in [-0.15, -0.1) is 0 Å². The van der Waals surface area contributed by atoms with Crippen molar-refractivity contribution in [2.24, 2.45) is 0 Å². The lowest BCUT2D eigenvalue weighted by Gasteiger charge is -2.30. The van der Waals surface area contributed by atoms with Crippen molar-refractivity contribution < 1.29 is 72.4 Å². The van der Waals surface area contributed by atoms with E-state index in [1.807, 2.05) is 0 Å². The number of hydrogen-bond donors (Lipinski definition) is 0. The molecular formula is C42H28F10O6. The van der Waals surface area contributed by atoms with Crippen molar-refractivity contribution in [1.82, 2.24) is 0 Å². The van der Waals surface area contributed by atoms with Crippen LogP contribution in [0.15, 0.2) is 72.8 Å². The first-order valence-corrected chi connectivity index (χ1v) is 17.1. The van der Waals surface area contributed by atoms with E-state index in [0.29, 0.717) is 33.0 Å². The van der Waals surface area contributed by atoms with Gasteiger partial charge in [-0.25, -0.2) is 43.9 Å². The van der Waals surface area contributed by atoms with Crippen molar-refractivity contribution in [3.8, 4) is 11.5 Å². The van der Waals surface area contributed by atoms with Crippen LogP contribution in [0.5, 0.6) is 11.5 Å². The fraction of sp³-hybridized carbons (Fsp3) is 0.190. The second-order valence-electron chi connectivity index (χ2n) is 13.1. The fourth-order valence-corrected chi connectivity index (χ4v) is 6.29. The molecule has 16 heteroatoms. The molecule has 58 heavy (non-hydrogen) atoms. The number of benzene rings is 6. The largest absolute Gasteiger partial charge is 0.497 e. The van der Waals surface area contributed by atoms with Crippen LogP contribution in [0.25, 0.3) is 21.5 Å². The number of halogens is 10. The molecule has 0 unspecified atom stereocenters. The van der Waals surface area contributed by atoms with Crippen LogP contribution < -0.4 is 9.47 Å². The first-order valence-electron chi connectivity index (χ1n) is 17.1. The van der Waals surface area contributed by atoms with Gasteiger partial charge in [-0.3, -0.25) is 9.59 Å². The van der Waals surface area contributed by atoms with Crippen LogP contribution in [0.4, 0.5) is 43.9 Å². The topological polar surface area (TPSA) is 71.1 Å². The molecule has 0 saturated heterocycles. The molecule has 0 aromatic heterocycles. The molecule has 0 aliphatic carbocycles. The summed E-state index contributed by atoms with van der Waals surface area (Å²) in [7, 11) is 2.85. The number of rotatable bonds is 11. The highest BCUT2D eigenvalue weighted by atomic mass is 19.2. The third-order valence-corrected chi connectivity index (χ3v) is 9.67. The second-order valence-corrected chi connectivity index (χ2v) is 13.1. The van der Waals surface area contributed by atoms with Gasteiger partial charge in [0, 0.05) is 0 Å². The summed E-state index contributed by atoms with van der Waals surface area (Å²) in [6.45, 7) is 2.33. The number of hydrogen-bond acceptors (Lipinski definition) is 6. The highest BCUT2D eigenvalue weighted by Crippen LogP contribution is 2.44. The Morgan fingerprint density at radius 3 is 1.00 bits per heavy atom. The van der Waals surface area contributed by atoms with E-state index in [9.17, 15) is 35.9 Å². The van der Waals surface area contributed by atoms with Crippen LogP contribution in [-0.2, 0) is 19.1 Å². The molecule has 0 spiro atoms. The Morgan fingerprint density at radius 2 is 0.690 bits per heavy atom. The minimum atomic E-state index is -3.28. The zero-order valence-electron chi connectivity index (χ0n) is 30.5. The summed E-state index contributed by atoms with van der Waals surface area (Å²) in [6, 6.07) is 18.4. The number of carbonyl (C=O) groups is 2. The zero-order valence-corrected chi connectivity index (χ0v) is 30.5. The summed E-state index contributed by atoms with van der Waals surface area (Å²) in [5.41, 5.74) is -4.02.